The number of aromatic nitrogens is 2. The van der Waals surface area contributed by atoms with Gasteiger partial charge in [-0.25, -0.2) is 9.78 Å². The lowest BCUT2D eigenvalue weighted by molar-refractivity contribution is -0.274. The second-order valence-corrected chi connectivity index (χ2v) is 8.88. The molecule has 0 saturated heterocycles. The summed E-state index contributed by atoms with van der Waals surface area (Å²) in [7, 11) is 3.68. The molecule has 0 aliphatic heterocycles. The molecule has 0 aliphatic carbocycles. The highest BCUT2D eigenvalue weighted by molar-refractivity contribution is 5.99. The summed E-state index contributed by atoms with van der Waals surface area (Å²) < 4.78 is 40.7. The van der Waals surface area contributed by atoms with Crippen LogP contribution in [0.15, 0.2) is 85.6 Å². The van der Waals surface area contributed by atoms with Crippen molar-refractivity contribution in [3.63, 3.8) is 0 Å². The van der Waals surface area contributed by atoms with Crippen molar-refractivity contribution in [3.05, 3.63) is 96.7 Å². The van der Waals surface area contributed by atoms with Gasteiger partial charge in [0.05, 0.1) is 0 Å². The zero-order valence-electron chi connectivity index (χ0n) is 22.5. The maximum absolute atomic E-state index is 12.3. The zero-order valence-corrected chi connectivity index (χ0v) is 22.5. The molecule has 1 aromatic heterocycles. The predicted octanol–water partition coefficient (Wildman–Crippen LogP) is 7.03. The number of nitrogens with zero attached hydrogens (tertiary/aromatic N) is 3. The smallest absolute Gasteiger partial charge is 0.406 e. The Morgan fingerprint density at radius 3 is 2.15 bits per heavy atom. The second kappa shape index (κ2) is 12.3. The van der Waals surface area contributed by atoms with E-state index >= 15 is 0 Å². The fourth-order valence-electron chi connectivity index (χ4n) is 3.82. The second-order valence-electron chi connectivity index (χ2n) is 8.88. The maximum atomic E-state index is 12.3. The Morgan fingerprint density at radius 1 is 0.927 bits per heavy atom. The number of carbonyl (C=O) groups is 1. The van der Waals surface area contributed by atoms with Crippen LogP contribution in [0, 0.1) is 6.92 Å². The molecular weight excluding hydrogens is 535 g/mol. The number of aryl methyl sites for hydroxylation is 1. The quantitative estimate of drug-likeness (QED) is 0.173. The molecule has 0 fully saturated rings. The Labute approximate surface area is 235 Å². The van der Waals surface area contributed by atoms with E-state index in [9.17, 15) is 18.0 Å². The van der Waals surface area contributed by atoms with Gasteiger partial charge in [0.25, 0.3) is 0 Å². The minimum absolute atomic E-state index is 0.301. The van der Waals surface area contributed by atoms with Gasteiger partial charge >= 0.3 is 12.4 Å². The first kappa shape index (κ1) is 28.7. The molecule has 3 aromatic carbocycles. The summed E-state index contributed by atoms with van der Waals surface area (Å²) in [5.41, 5.74) is 5.33. The van der Waals surface area contributed by atoms with Crippen molar-refractivity contribution >= 4 is 46.2 Å². The Bertz CT molecular complexity index is 1530. The first-order valence-electron chi connectivity index (χ1n) is 12.4. The summed E-state index contributed by atoms with van der Waals surface area (Å²) in [6.45, 7) is 6.05. The number of hydrogen-bond acceptors (Lipinski definition) is 7. The Hall–Kier alpha value is -5.26. The van der Waals surface area contributed by atoms with Gasteiger partial charge in [0.1, 0.15) is 11.6 Å². The van der Waals surface area contributed by atoms with Crippen molar-refractivity contribution in [2.75, 3.05) is 34.9 Å². The van der Waals surface area contributed by atoms with Gasteiger partial charge in [0.15, 0.2) is 0 Å². The molecular formula is C29H28F3N7O2. The number of nitrogens with one attached hydrogen (secondary N) is 4. The number of urea groups is 1. The largest absolute Gasteiger partial charge is 0.573 e. The summed E-state index contributed by atoms with van der Waals surface area (Å²) in [4.78, 5) is 23.2. The monoisotopic (exact) mass is 563 g/mol. The van der Waals surface area contributed by atoms with Crippen LogP contribution in [0.1, 0.15) is 11.1 Å². The number of alkyl halides is 3. The van der Waals surface area contributed by atoms with Gasteiger partial charge < -0.3 is 30.9 Å². The molecule has 41 heavy (non-hydrogen) atoms. The molecule has 12 heteroatoms. The zero-order chi connectivity index (χ0) is 29.6. The van der Waals surface area contributed by atoms with Gasteiger partial charge in [0.2, 0.25) is 5.95 Å². The first-order valence-corrected chi connectivity index (χ1v) is 12.4. The van der Waals surface area contributed by atoms with Crippen LogP contribution < -0.4 is 30.9 Å². The third-order valence-electron chi connectivity index (χ3n) is 5.96. The molecule has 0 aliphatic rings. The highest BCUT2D eigenvalue weighted by Crippen LogP contribution is 2.27. The number of anilines is 6. The molecule has 0 spiro atoms. The van der Waals surface area contributed by atoms with Crippen LogP contribution in [-0.2, 0) is 0 Å². The summed E-state index contributed by atoms with van der Waals surface area (Å²) in [6, 6.07) is 19.0. The highest BCUT2D eigenvalue weighted by Gasteiger charge is 2.31. The van der Waals surface area contributed by atoms with Crippen molar-refractivity contribution in [2.45, 2.75) is 13.3 Å². The average molecular weight is 564 g/mol. The Morgan fingerprint density at radius 2 is 1.54 bits per heavy atom. The fraction of sp³-hybridized carbons (Fsp3) is 0.138. The highest BCUT2D eigenvalue weighted by atomic mass is 19.4. The van der Waals surface area contributed by atoms with Crippen molar-refractivity contribution in [2.24, 2.45) is 0 Å². The van der Waals surface area contributed by atoms with E-state index < -0.39 is 12.4 Å². The van der Waals surface area contributed by atoms with E-state index in [1.807, 2.05) is 56.3 Å². The molecule has 1 heterocycles. The van der Waals surface area contributed by atoms with Crippen molar-refractivity contribution in [3.8, 4) is 5.75 Å². The van der Waals surface area contributed by atoms with E-state index in [2.05, 4.69) is 42.6 Å². The predicted molar refractivity (Wildman–Crippen MR) is 155 cm³/mol. The van der Waals surface area contributed by atoms with E-state index in [-0.39, 0.29) is 5.75 Å². The molecule has 0 atom stereocenters. The minimum Gasteiger partial charge on any atom is -0.406 e. The van der Waals surface area contributed by atoms with Crippen LogP contribution in [0.3, 0.4) is 0 Å². The fourth-order valence-corrected chi connectivity index (χ4v) is 3.82. The molecule has 0 saturated carbocycles. The lowest BCUT2D eigenvalue weighted by Gasteiger charge is -2.19. The molecule has 0 unspecified atom stereocenters. The molecule has 4 aromatic rings. The summed E-state index contributed by atoms with van der Waals surface area (Å²) in [6.07, 6.45) is -3.13. The molecule has 2 amide bonds. The van der Waals surface area contributed by atoms with Crippen LogP contribution in [0.25, 0.3) is 5.70 Å². The summed E-state index contributed by atoms with van der Waals surface area (Å²) >= 11 is 0. The molecule has 4 rings (SSSR count). The summed E-state index contributed by atoms with van der Waals surface area (Å²) in [5, 5.41) is 11.5. The molecule has 212 valence electrons. The topological polar surface area (TPSA) is 103 Å². The van der Waals surface area contributed by atoms with Crippen LogP contribution in [-0.4, -0.2) is 36.5 Å². The number of carbonyl (C=O) groups excluding carboxylic acids is 1. The Kier molecular flexibility index (Phi) is 8.61. The number of halogens is 3. The first-order chi connectivity index (χ1) is 19.5. The maximum Gasteiger partial charge on any atom is 0.573 e. The lowest BCUT2D eigenvalue weighted by atomic mass is 10.1. The normalized spacial score (nSPS) is 10.9. The van der Waals surface area contributed by atoms with Gasteiger partial charge in [-0.05, 0) is 79.2 Å². The molecule has 4 N–H and O–H groups in total. The number of rotatable bonds is 9. The van der Waals surface area contributed by atoms with Crippen LogP contribution in [0.5, 0.6) is 5.75 Å². The van der Waals surface area contributed by atoms with E-state index in [4.69, 9.17) is 0 Å². The van der Waals surface area contributed by atoms with E-state index in [1.54, 1.807) is 24.4 Å². The Balaban J connectivity index is 1.37. The lowest BCUT2D eigenvalue weighted by Crippen LogP contribution is -2.20. The third-order valence-corrected chi connectivity index (χ3v) is 5.96. The molecule has 0 bridgehead atoms. The number of ether oxygens (including phenoxy) is 1. The van der Waals surface area contributed by atoms with Crippen molar-refractivity contribution < 1.29 is 22.7 Å². The van der Waals surface area contributed by atoms with Crippen LogP contribution in [0.2, 0.25) is 0 Å². The van der Waals surface area contributed by atoms with E-state index in [1.165, 1.54) is 12.1 Å². The van der Waals surface area contributed by atoms with Crippen molar-refractivity contribution in [1.82, 2.24) is 15.3 Å². The summed E-state index contributed by atoms with van der Waals surface area (Å²) in [5.74, 6) is 0.688. The van der Waals surface area contributed by atoms with E-state index in [0.29, 0.717) is 23.1 Å². The van der Waals surface area contributed by atoms with Crippen molar-refractivity contribution in [1.29, 1.82) is 0 Å². The number of benzene rings is 3. The van der Waals surface area contributed by atoms with Crippen LogP contribution in [0.4, 0.5) is 52.5 Å². The third kappa shape index (κ3) is 7.88. The molecule has 0 radical (unpaired) electrons. The standard InChI is InChI=1S/C29H28F3N7O2/c1-18-5-6-22(17-25(18)19(2)33-3)35-27-34-16-15-26(38-27)39(4)23-11-7-20(8-12-23)36-28(40)37-21-9-13-24(14-10-21)41-29(30,31)32/h5-17,33H,2H2,1,3-4H3,(H,34,35,38)(H2,36,37,40). The van der Waals surface area contributed by atoms with Gasteiger partial charge in [-0.15, -0.1) is 13.2 Å². The van der Waals surface area contributed by atoms with E-state index in [0.717, 1.165) is 40.3 Å². The van der Waals surface area contributed by atoms with Gasteiger partial charge in [-0.2, -0.15) is 4.98 Å². The van der Waals surface area contributed by atoms with Gasteiger partial charge in [-0.1, -0.05) is 12.6 Å². The number of hydrogen-bond donors (Lipinski definition) is 4. The SMILES string of the molecule is C=C(NC)c1cc(Nc2nccc(N(C)c3ccc(NC(=O)Nc4ccc(OC(F)(F)F)cc4)cc3)n2)ccc1C. The van der Waals surface area contributed by atoms with Crippen LogP contribution >= 0.6 is 0 Å². The van der Waals surface area contributed by atoms with Gasteiger partial charge in [0, 0.05) is 54.3 Å². The minimum atomic E-state index is -4.78. The van der Waals surface area contributed by atoms with Gasteiger partial charge in [-0.3, -0.25) is 0 Å². The molecule has 9 nitrogen and oxygen atoms in total. The average Bonchev–Trinajstić information content (AvgIpc) is 2.94. The number of amides is 2.